The van der Waals surface area contributed by atoms with Gasteiger partial charge in [0.15, 0.2) is 0 Å². The molecule has 21 heavy (non-hydrogen) atoms. The summed E-state index contributed by atoms with van der Waals surface area (Å²) in [6.07, 6.45) is 1.46. The summed E-state index contributed by atoms with van der Waals surface area (Å²) in [6, 6.07) is 8.85. The molecule has 0 amide bonds. The summed E-state index contributed by atoms with van der Waals surface area (Å²) in [6.45, 7) is 1.83. The van der Waals surface area contributed by atoms with Crippen LogP contribution < -0.4 is 9.47 Å². The van der Waals surface area contributed by atoms with Gasteiger partial charge in [-0.3, -0.25) is 0 Å². The van der Waals surface area contributed by atoms with Gasteiger partial charge >= 0.3 is 0 Å². The van der Waals surface area contributed by atoms with Crippen molar-refractivity contribution in [1.82, 2.24) is 0 Å². The molecule has 0 aliphatic carbocycles. The van der Waals surface area contributed by atoms with Crippen LogP contribution in [0.5, 0.6) is 23.0 Å². The van der Waals surface area contributed by atoms with Crippen molar-refractivity contribution in [3.8, 4) is 23.0 Å². The second-order valence-electron chi connectivity index (χ2n) is 5.27. The molecule has 0 saturated carbocycles. The van der Waals surface area contributed by atoms with Gasteiger partial charge < -0.3 is 19.7 Å². The number of phenolic OH excluding ortho intramolecular Hbond substituents is 2. The van der Waals surface area contributed by atoms with E-state index in [1.165, 1.54) is 0 Å². The molecule has 0 aromatic heterocycles. The fraction of sp³-hybridized carbons (Fsp3) is 0.294. The number of hydrogen-bond donors (Lipinski definition) is 2. The molecular formula is C17H18O4. The smallest absolute Gasteiger partial charge is 0.130 e. The Labute approximate surface area is 123 Å². The summed E-state index contributed by atoms with van der Waals surface area (Å²) < 4.78 is 11.3. The predicted octanol–water partition coefficient (Wildman–Crippen LogP) is 3.48. The molecule has 1 atom stereocenters. The van der Waals surface area contributed by atoms with Gasteiger partial charge in [0.1, 0.15) is 29.1 Å². The Morgan fingerprint density at radius 2 is 1.90 bits per heavy atom. The van der Waals surface area contributed by atoms with Crippen LogP contribution in [0.4, 0.5) is 0 Å². The minimum atomic E-state index is -0.0788. The van der Waals surface area contributed by atoms with E-state index in [0.29, 0.717) is 11.5 Å². The largest absolute Gasteiger partial charge is 0.508 e. The second kappa shape index (κ2) is 5.20. The van der Waals surface area contributed by atoms with Gasteiger partial charge in [-0.25, -0.2) is 0 Å². The van der Waals surface area contributed by atoms with Crippen LogP contribution in [0.15, 0.2) is 30.3 Å². The van der Waals surface area contributed by atoms with Crippen molar-refractivity contribution in [2.45, 2.75) is 25.9 Å². The number of fused-ring (bicyclic) bond motifs is 1. The lowest BCUT2D eigenvalue weighted by molar-refractivity contribution is 0.173. The Morgan fingerprint density at radius 1 is 1.19 bits per heavy atom. The van der Waals surface area contributed by atoms with Crippen molar-refractivity contribution in [2.24, 2.45) is 0 Å². The maximum atomic E-state index is 10.3. The molecular weight excluding hydrogens is 268 g/mol. The molecule has 4 heteroatoms. The van der Waals surface area contributed by atoms with Crippen LogP contribution in [0.25, 0.3) is 0 Å². The van der Waals surface area contributed by atoms with Gasteiger partial charge in [-0.15, -0.1) is 0 Å². The zero-order valence-electron chi connectivity index (χ0n) is 12.1. The molecule has 0 saturated heterocycles. The van der Waals surface area contributed by atoms with Gasteiger partial charge in [0.05, 0.1) is 7.11 Å². The van der Waals surface area contributed by atoms with Crippen LogP contribution in [-0.2, 0) is 6.42 Å². The van der Waals surface area contributed by atoms with Crippen molar-refractivity contribution in [1.29, 1.82) is 0 Å². The molecule has 1 aliphatic heterocycles. The van der Waals surface area contributed by atoms with Crippen LogP contribution in [0.1, 0.15) is 29.2 Å². The van der Waals surface area contributed by atoms with Crippen LogP contribution in [-0.4, -0.2) is 17.3 Å². The Balaban J connectivity index is 1.95. The van der Waals surface area contributed by atoms with Gasteiger partial charge in [0, 0.05) is 17.2 Å². The third-order valence-electron chi connectivity index (χ3n) is 3.98. The van der Waals surface area contributed by atoms with E-state index in [-0.39, 0.29) is 17.6 Å². The minimum Gasteiger partial charge on any atom is -0.508 e. The SMILES string of the molecule is COc1cc2c(c(O)c1C)CCC(c1ccc(O)cc1)O2. The lowest BCUT2D eigenvalue weighted by Crippen LogP contribution is -2.15. The molecule has 110 valence electrons. The van der Waals surface area contributed by atoms with Crippen LogP contribution in [0.3, 0.4) is 0 Å². The Hall–Kier alpha value is -2.36. The molecule has 2 aromatic carbocycles. The molecule has 0 bridgehead atoms. The first-order valence-electron chi connectivity index (χ1n) is 6.95. The lowest BCUT2D eigenvalue weighted by atomic mass is 9.95. The van der Waals surface area contributed by atoms with E-state index < -0.39 is 0 Å². The minimum absolute atomic E-state index is 0.0788. The highest BCUT2D eigenvalue weighted by Gasteiger charge is 2.26. The van der Waals surface area contributed by atoms with Crippen LogP contribution >= 0.6 is 0 Å². The summed E-state index contributed by atoms with van der Waals surface area (Å²) in [4.78, 5) is 0. The normalized spacial score (nSPS) is 17.0. The van der Waals surface area contributed by atoms with Crippen LogP contribution in [0.2, 0.25) is 0 Å². The fourth-order valence-corrected chi connectivity index (χ4v) is 2.74. The predicted molar refractivity (Wildman–Crippen MR) is 79.2 cm³/mol. The highest BCUT2D eigenvalue weighted by atomic mass is 16.5. The number of ether oxygens (including phenoxy) is 2. The number of hydrogen-bond acceptors (Lipinski definition) is 4. The third kappa shape index (κ3) is 2.37. The van der Waals surface area contributed by atoms with Crippen molar-refractivity contribution >= 4 is 0 Å². The number of phenols is 2. The maximum absolute atomic E-state index is 10.3. The highest BCUT2D eigenvalue weighted by molar-refractivity contribution is 5.57. The molecule has 1 aliphatic rings. The fourth-order valence-electron chi connectivity index (χ4n) is 2.74. The Bertz CT molecular complexity index is 661. The monoisotopic (exact) mass is 286 g/mol. The zero-order chi connectivity index (χ0) is 15.0. The van der Waals surface area contributed by atoms with Gasteiger partial charge in [-0.05, 0) is 37.5 Å². The Kier molecular flexibility index (Phi) is 3.37. The van der Waals surface area contributed by atoms with E-state index in [0.717, 1.165) is 29.5 Å². The summed E-state index contributed by atoms with van der Waals surface area (Å²) in [7, 11) is 1.58. The quantitative estimate of drug-likeness (QED) is 0.887. The van der Waals surface area contributed by atoms with E-state index in [1.807, 2.05) is 25.1 Å². The molecule has 0 radical (unpaired) electrons. The molecule has 0 fully saturated rings. The van der Waals surface area contributed by atoms with Gasteiger partial charge in [0.2, 0.25) is 0 Å². The number of rotatable bonds is 2. The number of benzene rings is 2. The molecule has 1 heterocycles. The van der Waals surface area contributed by atoms with E-state index in [2.05, 4.69) is 0 Å². The Morgan fingerprint density at radius 3 is 2.57 bits per heavy atom. The molecule has 4 nitrogen and oxygen atoms in total. The lowest BCUT2D eigenvalue weighted by Gasteiger charge is -2.28. The number of aromatic hydroxyl groups is 2. The summed E-state index contributed by atoms with van der Waals surface area (Å²) >= 11 is 0. The average Bonchev–Trinajstić information content (AvgIpc) is 2.51. The van der Waals surface area contributed by atoms with Crippen molar-refractivity contribution < 1.29 is 19.7 Å². The summed E-state index contributed by atoms with van der Waals surface area (Å²) in [5, 5.41) is 19.6. The van der Waals surface area contributed by atoms with E-state index >= 15 is 0 Å². The topological polar surface area (TPSA) is 58.9 Å². The summed E-state index contributed by atoms with van der Waals surface area (Å²) in [5.74, 6) is 1.79. The second-order valence-corrected chi connectivity index (χ2v) is 5.27. The highest BCUT2D eigenvalue weighted by Crippen LogP contribution is 2.44. The number of methoxy groups -OCH3 is 1. The first kappa shape index (κ1) is 13.6. The first-order valence-corrected chi connectivity index (χ1v) is 6.95. The standard InChI is InChI=1S/C17H18O4/c1-10-15(20-2)9-16-13(17(10)19)7-8-14(21-16)11-3-5-12(18)6-4-11/h3-6,9,14,18-19H,7-8H2,1-2H3. The summed E-state index contributed by atoms with van der Waals surface area (Å²) in [5.41, 5.74) is 2.59. The van der Waals surface area contributed by atoms with Crippen molar-refractivity contribution in [2.75, 3.05) is 7.11 Å². The van der Waals surface area contributed by atoms with Crippen molar-refractivity contribution in [3.63, 3.8) is 0 Å². The van der Waals surface area contributed by atoms with E-state index in [4.69, 9.17) is 9.47 Å². The van der Waals surface area contributed by atoms with E-state index in [9.17, 15) is 10.2 Å². The molecule has 2 N–H and O–H groups in total. The maximum Gasteiger partial charge on any atom is 0.130 e. The third-order valence-corrected chi connectivity index (χ3v) is 3.98. The van der Waals surface area contributed by atoms with E-state index in [1.54, 1.807) is 19.2 Å². The molecule has 2 aromatic rings. The zero-order valence-corrected chi connectivity index (χ0v) is 12.1. The van der Waals surface area contributed by atoms with Gasteiger partial charge in [-0.2, -0.15) is 0 Å². The molecule has 3 rings (SSSR count). The first-order chi connectivity index (χ1) is 10.1. The molecule has 0 spiro atoms. The van der Waals surface area contributed by atoms with Gasteiger partial charge in [0.25, 0.3) is 0 Å². The van der Waals surface area contributed by atoms with Gasteiger partial charge in [-0.1, -0.05) is 12.1 Å². The molecule has 1 unspecified atom stereocenters. The average molecular weight is 286 g/mol. The van der Waals surface area contributed by atoms with Crippen molar-refractivity contribution in [3.05, 3.63) is 47.0 Å². The van der Waals surface area contributed by atoms with Crippen LogP contribution in [0, 0.1) is 6.92 Å².